The average Bonchev–Trinajstić information content (AvgIpc) is 2.21. The summed E-state index contributed by atoms with van der Waals surface area (Å²) in [7, 11) is -3.31. The van der Waals surface area contributed by atoms with E-state index in [1.54, 1.807) is 12.1 Å². The molecule has 6 heteroatoms. The van der Waals surface area contributed by atoms with Crippen molar-refractivity contribution in [1.29, 1.82) is 0 Å². The number of sulfonamides is 1. The van der Waals surface area contributed by atoms with Crippen LogP contribution in [0.15, 0.2) is 18.2 Å². The molecule has 1 rings (SSSR count). The van der Waals surface area contributed by atoms with Crippen LogP contribution in [0.2, 0.25) is 0 Å². The topological polar surface area (TPSA) is 55.4 Å². The Morgan fingerprint density at radius 1 is 1.41 bits per heavy atom. The van der Waals surface area contributed by atoms with Crippen molar-refractivity contribution in [3.05, 3.63) is 23.8 Å². The summed E-state index contributed by atoms with van der Waals surface area (Å²) in [6, 6.07) is 5.26. The molecule has 0 atom stereocenters. The van der Waals surface area contributed by atoms with Crippen molar-refractivity contribution in [2.24, 2.45) is 0 Å². The van der Waals surface area contributed by atoms with Crippen molar-refractivity contribution in [3.8, 4) is 5.75 Å². The lowest BCUT2D eigenvalue weighted by Gasteiger charge is -2.13. The standard InChI is InChI=1S/C11H16BrNO3S/c1-8(2)16-10-4-5-11(9(3)6-10)13-17(14,15)7-12/h4-6,8,13H,7H2,1-3H3. The Kier molecular flexibility index (Phi) is 4.82. The summed E-state index contributed by atoms with van der Waals surface area (Å²) >= 11 is 2.92. The molecule has 0 saturated carbocycles. The summed E-state index contributed by atoms with van der Waals surface area (Å²) in [6.45, 7) is 5.72. The number of nitrogens with one attached hydrogen (secondary N) is 1. The third kappa shape index (κ3) is 4.55. The molecule has 0 unspecified atom stereocenters. The van der Waals surface area contributed by atoms with Crippen molar-refractivity contribution >= 4 is 31.6 Å². The predicted molar refractivity (Wildman–Crippen MR) is 73.3 cm³/mol. The Balaban J connectivity index is 2.91. The largest absolute Gasteiger partial charge is 0.491 e. The van der Waals surface area contributed by atoms with Gasteiger partial charge in [0.15, 0.2) is 0 Å². The van der Waals surface area contributed by atoms with Crippen LogP contribution in [0.1, 0.15) is 19.4 Å². The number of alkyl halides is 1. The Morgan fingerprint density at radius 3 is 2.53 bits per heavy atom. The number of benzene rings is 1. The number of ether oxygens (including phenoxy) is 1. The van der Waals surface area contributed by atoms with E-state index in [0.717, 1.165) is 11.3 Å². The van der Waals surface area contributed by atoms with Crippen LogP contribution in [0, 0.1) is 6.92 Å². The molecule has 0 bridgehead atoms. The monoisotopic (exact) mass is 321 g/mol. The number of rotatable bonds is 5. The van der Waals surface area contributed by atoms with Crippen LogP contribution in [0.4, 0.5) is 5.69 Å². The van der Waals surface area contributed by atoms with Crippen LogP contribution in [0.5, 0.6) is 5.75 Å². The van der Waals surface area contributed by atoms with E-state index in [1.807, 2.05) is 26.8 Å². The third-order valence-electron chi connectivity index (χ3n) is 1.98. The summed E-state index contributed by atoms with van der Waals surface area (Å²) < 4.78 is 30.7. The first-order valence-corrected chi connectivity index (χ1v) is 7.95. The van der Waals surface area contributed by atoms with Gasteiger partial charge in [0.25, 0.3) is 0 Å². The second-order valence-electron chi connectivity index (χ2n) is 3.97. The van der Waals surface area contributed by atoms with Gasteiger partial charge in [0, 0.05) is 0 Å². The van der Waals surface area contributed by atoms with E-state index in [-0.39, 0.29) is 10.8 Å². The molecule has 0 spiro atoms. The molecule has 1 aromatic carbocycles. The normalized spacial score (nSPS) is 11.6. The molecule has 0 heterocycles. The zero-order valence-corrected chi connectivity index (χ0v) is 12.4. The van der Waals surface area contributed by atoms with E-state index in [1.165, 1.54) is 0 Å². The molecule has 4 nitrogen and oxygen atoms in total. The van der Waals surface area contributed by atoms with Gasteiger partial charge in [0.05, 0.1) is 11.8 Å². The number of anilines is 1. The van der Waals surface area contributed by atoms with Gasteiger partial charge in [-0.3, -0.25) is 4.72 Å². The molecule has 1 aromatic rings. The molecule has 0 saturated heterocycles. The lowest BCUT2D eigenvalue weighted by atomic mass is 10.2. The van der Waals surface area contributed by atoms with Crippen LogP contribution in [-0.2, 0) is 10.0 Å². The molecule has 17 heavy (non-hydrogen) atoms. The quantitative estimate of drug-likeness (QED) is 0.848. The van der Waals surface area contributed by atoms with Gasteiger partial charge in [-0.1, -0.05) is 15.9 Å². The minimum atomic E-state index is -3.31. The van der Waals surface area contributed by atoms with E-state index in [4.69, 9.17) is 4.74 Å². The molecule has 0 aliphatic heterocycles. The smallest absolute Gasteiger partial charge is 0.242 e. The van der Waals surface area contributed by atoms with Crippen LogP contribution in [0.25, 0.3) is 0 Å². The van der Waals surface area contributed by atoms with Gasteiger partial charge in [-0.2, -0.15) is 0 Å². The molecule has 0 amide bonds. The first-order valence-electron chi connectivity index (χ1n) is 5.18. The summed E-state index contributed by atoms with van der Waals surface area (Å²) in [5.74, 6) is 0.735. The first-order chi connectivity index (χ1) is 7.84. The van der Waals surface area contributed by atoms with Crippen LogP contribution < -0.4 is 9.46 Å². The maximum Gasteiger partial charge on any atom is 0.242 e. The molecule has 1 N–H and O–H groups in total. The molecule has 0 fully saturated rings. The van der Waals surface area contributed by atoms with Crippen LogP contribution in [-0.4, -0.2) is 19.2 Å². The highest BCUT2D eigenvalue weighted by Gasteiger charge is 2.10. The molecule has 0 radical (unpaired) electrons. The van der Waals surface area contributed by atoms with Crippen molar-refractivity contribution in [1.82, 2.24) is 0 Å². The van der Waals surface area contributed by atoms with E-state index in [2.05, 4.69) is 20.7 Å². The van der Waals surface area contributed by atoms with Gasteiger partial charge in [-0.15, -0.1) is 0 Å². The maximum atomic E-state index is 11.4. The van der Waals surface area contributed by atoms with E-state index >= 15 is 0 Å². The zero-order valence-electron chi connectivity index (χ0n) is 10.0. The van der Waals surface area contributed by atoms with E-state index < -0.39 is 10.0 Å². The fraction of sp³-hybridized carbons (Fsp3) is 0.455. The fourth-order valence-electron chi connectivity index (χ4n) is 1.29. The van der Waals surface area contributed by atoms with Crippen molar-refractivity contribution in [3.63, 3.8) is 0 Å². The number of halogens is 1. The zero-order chi connectivity index (χ0) is 13.1. The lowest BCUT2D eigenvalue weighted by molar-refractivity contribution is 0.242. The molecule has 0 aliphatic carbocycles. The molecular weight excluding hydrogens is 306 g/mol. The Morgan fingerprint density at radius 2 is 2.06 bits per heavy atom. The Hall–Kier alpha value is -0.750. The number of hydrogen-bond donors (Lipinski definition) is 1. The average molecular weight is 322 g/mol. The minimum Gasteiger partial charge on any atom is -0.491 e. The van der Waals surface area contributed by atoms with E-state index in [9.17, 15) is 8.42 Å². The van der Waals surface area contributed by atoms with Crippen LogP contribution in [0.3, 0.4) is 0 Å². The van der Waals surface area contributed by atoms with Crippen molar-refractivity contribution in [2.45, 2.75) is 26.9 Å². The second kappa shape index (κ2) is 5.73. The van der Waals surface area contributed by atoms with Gasteiger partial charge < -0.3 is 4.74 Å². The van der Waals surface area contributed by atoms with Crippen molar-refractivity contribution in [2.75, 3.05) is 9.38 Å². The van der Waals surface area contributed by atoms with Gasteiger partial charge in [0.1, 0.15) is 10.4 Å². The predicted octanol–water partition coefficient (Wildman–Crippen LogP) is 2.88. The number of hydrogen-bond acceptors (Lipinski definition) is 3. The SMILES string of the molecule is Cc1cc(OC(C)C)ccc1NS(=O)(=O)CBr. The summed E-state index contributed by atoms with van der Waals surface area (Å²) in [4.78, 5) is 0. The summed E-state index contributed by atoms with van der Waals surface area (Å²) in [5, 5.41) is 0. The summed E-state index contributed by atoms with van der Waals surface area (Å²) in [6.07, 6.45) is 0.0967. The van der Waals surface area contributed by atoms with Gasteiger partial charge in [-0.25, -0.2) is 8.42 Å². The lowest BCUT2D eigenvalue weighted by Crippen LogP contribution is -2.14. The third-order valence-corrected chi connectivity index (χ3v) is 4.61. The maximum absolute atomic E-state index is 11.4. The highest BCUT2D eigenvalue weighted by Crippen LogP contribution is 2.23. The first kappa shape index (κ1) is 14.3. The molecular formula is C11H16BrNO3S. The second-order valence-corrected chi connectivity index (χ2v) is 6.99. The molecule has 0 aliphatic rings. The minimum absolute atomic E-state index is 0.0967. The highest BCUT2D eigenvalue weighted by molar-refractivity contribution is 9.10. The molecule has 0 aromatic heterocycles. The van der Waals surface area contributed by atoms with Crippen molar-refractivity contribution < 1.29 is 13.2 Å². The van der Waals surface area contributed by atoms with E-state index in [0.29, 0.717) is 5.69 Å². The van der Waals surface area contributed by atoms with Crippen LogP contribution >= 0.6 is 15.9 Å². The van der Waals surface area contributed by atoms with Gasteiger partial charge in [0.2, 0.25) is 10.0 Å². The Labute approximate surface area is 111 Å². The Bertz CT molecular complexity index is 485. The van der Waals surface area contributed by atoms with Gasteiger partial charge in [-0.05, 0) is 44.5 Å². The molecule has 96 valence electrons. The fourth-order valence-corrected chi connectivity index (χ4v) is 2.25. The summed E-state index contributed by atoms with van der Waals surface area (Å²) in [5.41, 5.74) is 1.40. The van der Waals surface area contributed by atoms with Gasteiger partial charge >= 0.3 is 0 Å². The number of aryl methyl sites for hydroxylation is 1. The highest BCUT2D eigenvalue weighted by atomic mass is 79.9.